The Morgan fingerprint density at radius 2 is 2.21 bits per heavy atom. The van der Waals surface area contributed by atoms with E-state index in [0.717, 1.165) is 11.3 Å². The highest BCUT2D eigenvalue weighted by Gasteiger charge is 2.16. The van der Waals surface area contributed by atoms with E-state index in [0.29, 0.717) is 12.1 Å². The summed E-state index contributed by atoms with van der Waals surface area (Å²) in [5.74, 6) is -0.937. The van der Waals surface area contributed by atoms with Gasteiger partial charge in [0.1, 0.15) is 5.69 Å². The lowest BCUT2D eigenvalue weighted by molar-refractivity contribution is -0.138. The molecule has 0 unspecified atom stereocenters. The van der Waals surface area contributed by atoms with E-state index >= 15 is 0 Å². The number of carboxylic acid groups (broad SMARTS) is 1. The average Bonchev–Trinajstić information content (AvgIpc) is 2.81. The minimum atomic E-state index is -0.937. The third-order valence-electron chi connectivity index (χ3n) is 2.80. The lowest BCUT2D eigenvalue weighted by Gasteiger charge is -2.07. The fraction of sp³-hybridized carbons (Fsp3) is 0.214. The Balaban J connectivity index is 2.11. The number of carbonyl (C=O) groups is 1. The van der Waals surface area contributed by atoms with Crippen LogP contribution < -0.4 is 0 Å². The van der Waals surface area contributed by atoms with Crippen molar-refractivity contribution in [2.75, 3.05) is 0 Å². The van der Waals surface area contributed by atoms with Crippen LogP contribution in [0.15, 0.2) is 41.7 Å². The number of aliphatic imine (C=N–C) groups is 1. The van der Waals surface area contributed by atoms with Gasteiger partial charge < -0.3 is 10.1 Å². The summed E-state index contributed by atoms with van der Waals surface area (Å²) >= 11 is 0. The molecule has 0 aliphatic heterocycles. The molecule has 0 saturated carbocycles. The molecule has 2 aromatic rings. The summed E-state index contributed by atoms with van der Waals surface area (Å²) < 4.78 is 0. The number of aromatic amines is 1. The predicted octanol–water partition coefficient (Wildman–Crippen LogP) is 1.83. The second kappa shape index (κ2) is 5.95. The zero-order valence-electron chi connectivity index (χ0n) is 10.6. The van der Waals surface area contributed by atoms with E-state index in [4.69, 9.17) is 0 Å². The van der Waals surface area contributed by atoms with Gasteiger partial charge in [-0.3, -0.25) is 4.99 Å². The molecule has 1 heterocycles. The molecule has 2 rings (SSSR count). The largest absolute Gasteiger partial charge is 0.480 e. The molecule has 0 saturated heterocycles. The number of carboxylic acids is 1. The summed E-state index contributed by atoms with van der Waals surface area (Å²) in [6.07, 6.45) is 3.44. The number of aryl methyl sites for hydroxylation is 1. The van der Waals surface area contributed by atoms with Crippen molar-refractivity contribution in [2.24, 2.45) is 4.99 Å². The quantitative estimate of drug-likeness (QED) is 0.802. The Hall–Kier alpha value is -2.43. The van der Waals surface area contributed by atoms with Crippen molar-refractivity contribution in [2.45, 2.75) is 19.4 Å². The SMILES string of the molecule is Cc1[nH]cnc1C=N[C@@H](Cc1ccccc1)C(=O)O. The molecule has 0 fully saturated rings. The summed E-state index contributed by atoms with van der Waals surface area (Å²) in [5.41, 5.74) is 2.48. The van der Waals surface area contributed by atoms with Crippen molar-refractivity contribution in [3.05, 3.63) is 53.6 Å². The third kappa shape index (κ3) is 3.51. The second-order valence-corrected chi connectivity index (χ2v) is 4.23. The maximum absolute atomic E-state index is 11.2. The molecule has 5 nitrogen and oxygen atoms in total. The number of hydrogen-bond donors (Lipinski definition) is 2. The highest BCUT2D eigenvalue weighted by Crippen LogP contribution is 2.07. The number of rotatable bonds is 5. The molecule has 0 aliphatic carbocycles. The fourth-order valence-corrected chi connectivity index (χ4v) is 1.70. The van der Waals surface area contributed by atoms with Gasteiger partial charge in [-0.25, -0.2) is 9.78 Å². The van der Waals surface area contributed by atoms with Crippen LogP contribution in [-0.2, 0) is 11.2 Å². The zero-order chi connectivity index (χ0) is 13.7. The number of imidazole rings is 1. The molecular weight excluding hydrogens is 242 g/mol. The van der Waals surface area contributed by atoms with Crippen LogP contribution in [0.5, 0.6) is 0 Å². The van der Waals surface area contributed by atoms with Crippen molar-refractivity contribution in [1.82, 2.24) is 9.97 Å². The standard InChI is InChI=1S/C14H15N3O2/c1-10-13(17-9-16-10)8-15-12(14(18)19)7-11-5-3-2-4-6-11/h2-6,8-9,12H,7H2,1H3,(H,16,17)(H,18,19)/t12-/m0/s1. The van der Waals surface area contributed by atoms with Gasteiger partial charge in [-0.05, 0) is 12.5 Å². The van der Waals surface area contributed by atoms with Gasteiger partial charge in [0.05, 0.1) is 6.33 Å². The zero-order valence-corrected chi connectivity index (χ0v) is 10.6. The monoisotopic (exact) mass is 257 g/mol. The van der Waals surface area contributed by atoms with Crippen LogP contribution in [0.25, 0.3) is 0 Å². The van der Waals surface area contributed by atoms with E-state index in [2.05, 4.69) is 15.0 Å². The van der Waals surface area contributed by atoms with E-state index in [1.165, 1.54) is 6.21 Å². The number of aliphatic carboxylic acids is 1. The van der Waals surface area contributed by atoms with Gasteiger partial charge >= 0.3 is 5.97 Å². The smallest absolute Gasteiger partial charge is 0.328 e. The van der Waals surface area contributed by atoms with E-state index in [1.54, 1.807) is 6.33 Å². The first-order valence-electron chi connectivity index (χ1n) is 5.96. The molecule has 0 aliphatic rings. The van der Waals surface area contributed by atoms with E-state index in [-0.39, 0.29) is 0 Å². The predicted molar refractivity (Wildman–Crippen MR) is 72.5 cm³/mol. The Morgan fingerprint density at radius 3 is 2.79 bits per heavy atom. The summed E-state index contributed by atoms with van der Waals surface area (Å²) in [6.45, 7) is 1.86. The van der Waals surface area contributed by atoms with Crippen LogP contribution in [0, 0.1) is 6.92 Å². The molecule has 0 amide bonds. The average molecular weight is 257 g/mol. The lowest BCUT2D eigenvalue weighted by Crippen LogP contribution is -2.21. The van der Waals surface area contributed by atoms with Crippen LogP contribution in [0.2, 0.25) is 0 Å². The molecule has 98 valence electrons. The van der Waals surface area contributed by atoms with Gasteiger partial charge in [-0.1, -0.05) is 30.3 Å². The first kappa shape index (κ1) is 13.0. The number of aromatic nitrogens is 2. The molecule has 1 aromatic carbocycles. The molecule has 2 N–H and O–H groups in total. The van der Waals surface area contributed by atoms with Gasteiger partial charge in [0.2, 0.25) is 0 Å². The third-order valence-corrected chi connectivity index (χ3v) is 2.80. The number of nitrogens with zero attached hydrogens (tertiary/aromatic N) is 2. The van der Waals surface area contributed by atoms with Crippen LogP contribution >= 0.6 is 0 Å². The van der Waals surface area contributed by atoms with E-state index in [1.807, 2.05) is 37.3 Å². The van der Waals surface area contributed by atoms with Crippen LogP contribution in [0.3, 0.4) is 0 Å². The fourth-order valence-electron chi connectivity index (χ4n) is 1.70. The molecule has 19 heavy (non-hydrogen) atoms. The molecule has 1 aromatic heterocycles. The van der Waals surface area contributed by atoms with Crippen molar-refractivity contribution < 1.29 is 9.90 Å². The van der Waals surface area contributed by atoms with E-state index < -0.39 is 12.0 Å². The topological polar surface area (TPSA) is 78.3 Å². The maximum Gasteiger partial charge on any atom is 0.328 e. The summed E-state index contributed by atoms with van der Waals surface area (Å²) in [5, 5.41) is 9.19. The van der Waals surface area contributed by atoms with Crippen molar-refractivity contribution >= 4 is 12.2 Å². The maximum atomic E-state index is 11.2. The highest BCUT2D eigenvalue weighted by molar-refractivity contribution is 5.82. The lowest BCUT2D eigenvalue weighted by atomic mass is 10.1. The minimum Gasteiger partial charge on any atom is -0.480 e. The second-order valence-electron chi connectivity index (χ2n) is 4.23. The summed E-state index contributed by atoms with van der Waals surface area (Å²) in [7, 11) is 0. The van der Waals surface area contributed by atoms with Gasteiger partial charge in [0, 0.05) is 18.3 Å². The molecular formula is C14H15N3O2. The molecule has 5 heteroatoms. The number of H-pyrrole nitrogens is 1. The van der Waals surface area contributed by atoms with Crippen molar-refractivity contribution in [3.63, 3.8) is 0 Å². The van der Waals surface area contributed by atoms with Crippen LogP contribution in [-0.4, -0.2) is 33.3 Å². The summed E-state index contributed by atoms with van der Waals surface area (Å²) in [6, 6.07) is 8.66. The number of nitrogens with one attached hydrogen (secondary N) is 1. The normalized spacial score (nSPS) is 12.7. The number of benzene rings is 1. The number of hydrogen-bond acceptors (Lipinski definition) is 3. The molecule has 0 spiro atoms. The van der Waals surface area contributed by atoms with E-state index in [9.17, 15) is 9.90 Å². The highest BCUT2D eigenvalue weighted by atomic mass is 16.4. The van der Waals surface area contributed by atoms with Crippen molar-refractivity contribution in [1.29, 1.82) is 0 Å². The first-order chi connectivity index (χ1) is 9.16. The van der Waals surface area contributed by atoms with Crippen LogP contribution in [0.4, 0.5) is 0 Å². The molecule has 1 atom stereocenters. The Kier molecular flexibility index (Phi) is 4.07. The molecule has 0 radical (unpaired) electrons. The van der Waals surface area contributed by atoms with Crippen LogP contribution in [0.1, 0.15) is 17.0 Å². The Morgan fingerprint density at radius 1 is 1.47 bits per heavy atom. The van der Waals surface area contributed by atoms with Gasteiger partial charge in [0.15, 0.2) is 6.04 Å². The summed E-state index contributed by atoms with van der Waals surface area (Å²) in [4.78, 5) is 22.3. The van der Waals surface area contributed by atoms with Crippen molar-refractivity contribution in [3.8, 4) is 0 Å². The van der Waals surface area contributed by atoms with Gasteiger partial charge in [0.25, 0.3) is 0 Å². The van der Waals surface area contributed by atoms with Gasteiger partial charge in [-0.15, -0.1) is 0 Å². The first-order valence-corrected chi connectivity index (χ1v) is 5.96. The minimum absolute atomic E-state index is 0.371. The Labute approximate surface area is 111 Å². The Bertz CT molecular complexity index is 575. The molecule has 0 bridgehead atoms. The van der Waals surface area contributed by atoms with Gasteiger partial charge in [-0.2, -0.15) is 0 Å².